The van der Waals surface area contributed by atoms with Gasteiger partial charge >= 0.3 is 0 Å². The third-order valence-corrected chi connectivity index (χ3v) is 4.88. The van der Waals surface area contributed by atoms with Crippen LogP contribution in [0.3, 0.4) is 0 Å². The molecule has 1 aromatic carbocycles. The number of rotatable bonds is 4. The van der Waals surface area contributed by atoms with Crippen molar-refractivity contribution in [3.05, 3.63) is 33.6 Å². The fourth-order valence-electron chi connectivity index (χ4n) is 3.59. The van der Waals surface area contributed by atoms with E-state index in [9.17, 15) is 4.79 Å². The molecular weight excluding hydrogens is 320 g/mol. The van der Waals surface area contributed by atoms with Crippen molar-refractivity contribution in [3.8, 4) is 5.75 Å². The molecule has 1 saturated heterocycles. The number of fused-ring (bicyclic) bond motifs is 3. The first-order valence-electron chi connectivity index (χ1n) is 8.82. The highest BCUT2D eigenvalue weighted by atomic mass is 16.5. The Kier molecular flexibility index (Phi) is 4.61. The topological polar surface area (TPSA) is 78.6 Å². The molecule has 1 fully saturated rings. The van der Waals surface area contributed by atoms with Gasteiger partial charge < -0.3 is 19.8 Å². The van der Waals surface area contributed by atoms with Crippen LogP contribution in [0.25, 0.3) is 10.9 Å². The molecule has 4 rings (SSSR count). The van der Waals surface area contributed by atoms with E-state index in [0.717, 1.165) is 79.2 Å². The van der Waals surface area contributed by atoms with E-state index in [0.29, 0.717) is 6.54 Å². The summed E-state index contributed by atoms with van der Waals surface area (Å²) in [6, 6.07) is 4.08. The monoisotopic (exact) mass is 344 g/mol. The molecule has 0 unspecified atom stereocenters. The summed E-state index contributed by atoms with van der Waals surface area (Å²) in [5.41, 5.74) is 7.06. The molecule has 25 heavy (non-hydrogen) atoms. The summed E-state index contributed by atoms with van der Waals surface area (Å²) in [4.78, 5) is 15.5. The average Bonchev–Trinajstić information content (AvgIpc) is 2.66. The largest absolute Gasteiger partial charge is 0.496 e. The number of aromatic amines is 1. The van der Waals surface area contributed by atoms with Gasteiger partial charge in [0.1, 0.15) is 5.75 Å². The van der Waals surface area contributed by atoms with Crippen LogP contribution < -0.4 is 21.0 Å². The second kappa shape index (κ2) is 7.03. The zero-order valence-corrected chi connectivity index (χ0v) is 14.5. The number of H-pyrrole nitrogens is 1. The molecule has 0 spiro atoms. The molecule has 2 aromatic rings. The molecular formula is C18H24N4O3. The number of aromatic nitrogens is 1. The summed E-state index contributed by atoms with van der Waals surface area (Å²) >= 11 is 0. The zero-order chi connectivity index (χ0) is 17.2. The summed E-state index contributed by atoms with van der Waals surface area (Å²) in [5, 5.41) is 6.52. The van der Waals surface area contributed by atoms with Gasteiger partial charge in [0.15, 0.2) is 0 Å². The second-order valence-corrected chi connectivity index (χ2v) is 6.49. The third kappa shape index (κ3) is 3.22. The number of nitrogens with one attached hydrogen (secondary N) is 3. The molecule has 2 aliphatic heterocycles. The summed E-state index contributed by atoms with van der Waals surface area (Å²) in [6.45, 7) is 4.81. The lowest BCUT2D eigenvalue weighted by Crippen LogP contribution is -2.45. The number of benzene rings is 1. The Hall–Kier alpha value is -2.09. The van der Waals surface area contributed by atoms with Gasteiger partial charge in [0.2, 0.25) is 0 Å². The Balaban J connectivity index is 1.69. The zero-order valence-electron chi connectivity index (χ0n) is 14.5. The van der Waals surface area contributed by atoms with Gasteiger partial charge in [-0.05, 0) is 30.5 Å². The van der Waals surface area contributed by atoms with Crippen LogP contribution in [0, 0.1) is 0 Å². The lowest BCUT2D eigenvalue weighted by molar-refractivity contribution is 0.0106. The average molecular weight is 344 g/mol. The normalized spacial score (nSPS) is 18.0. The molecule has 7 nitrogen and oxygen atoms in total. The number of anilines is 1. The van der Waals surface area contributed by atoms with E-state index < -0.39 is 0 Å². The Morgan fingerprint density at radius 3 is 2.96 bits per heavy atom. The number of ether oxygens (including phenoxy) is 2. The van der Waals surface area contributed by atoms with Crippen LogP contribution >= 0.6 is 0 Å². The maximum atomic E-state index is 12.4. The number of methoxy groups -OCH3 is 1. The van der Waals surface area contributed by atoms with Crippen molar-refractivity contribution in [2.45, 2.75) is 19.4 Å². The molecule has 0 amide bonds. The van der Waals surface area contributed by atoms with Crippen molar-refractivity contribution >= 4 is 16.6 Å². The van der Waals surface area contributed by atoms with Crippen LogP contribution in [0.4, 0.5) is 5.69 Å². The number of hydrazine groups is 1. The number of hydrogen-bond donors (Lipinski definition) is 3. The van der Waals surface area contributed by atoms with Crippen molar-refractivity contribution in [2.24, 2.45) is 0 Å². The van der Waals surface area contributed by atoms with E-state index in [4.69, 9.17) is 9.47 Å². The van der Waals surface area contributed by atoms with Crippen LogP contribution in [0.2, 0.25) is 0 Å². The minimum atomic E-state index is -0.00459. The van der Waals surface area contributed by atoms with E-state index in [1.54, 1.807) is 7.11 Å². The minimum absolute atomic E-state index is 0.00459. The highest BCUT2D eigenvalue weighted by Gasteiger charge is 2.19. The van der Waals surface area contributed by atoms with Gasteiger partial charge in [-0.1, -0.05) is 0 Å². The fourth-order valence-corrected chi connectivity index (χ4v) is 3.59. The Morgan fingerprint density at radius 2 is 2.16 bits per heavy atom. The van der Waals surface area contributed by atoms with Gasteiger partial charge in [-0.25, -0.2) is 5.01 Å². The molecule has 3 N–H and O–H groups in total. The quantitative estimate of drug-likeness (QED) is 0.774. The summed E-state index contributed by atoms with van der Waals surface area (Å²) in [6.07, 6.45) is 1.78. The number of nitrogens with zero attached hydrogens (tertiary/aromatic N) is 1. The van der Waals surface area contributed by atoms with Crippen molar-refractivity contribution in [1.29, 1.82) is 0 Å². The summed E-state index contributed by atoms with van der Waals surface area (Å²) < 4.78 is 11.0. The molecule has 3 heterocycles. The fraction of sp³-hybridized carbons (Fsp3) is 0.500. The predicted octanol–water partition coefficient (Wildman–Crippen LogP) is 1.23. The lowest BCUT2D eigenvalue weighted by Gasteiger charge is -2.27. The Morgan fingerprint density at radius 1 is 1.32 bits per heavy atom. The highest BCUT2D eigenvalue weighted by Crippen LogP contribution is 2.35. The first-order valence-corrected chi connectivity index (χ1v) is 8.82. The maximum absolute atomic E-state index is 12.4. The first kappa shape index (κ1) is 16.4. The SMILES string of the molecule is COc1cc(CNN2CCOCC2)cc2[nH]c(=O)c3c(c12)NCCC3. The molecule has 0 radical (unpaired) electrons. The van der Waals surface area contributed by atoms with Crippen molar-refractivity contribution in [1.82, 2.24) is 15.4 Å². The number of pyridine rings is 1. The Bertz CT molecular complexity index is 827. The smallest absolute Gasteiger partial charge is 0.253 e. The molecule has 0 aliphatic carbocycles. The molecule has 0 saturated carbocycles. The molecule has 1 aromatic heterocycles. The van der Waals surface area contributed by atoms with Crippen molar-refractivity contribution in [3.63, 3.8) is 0 Å². The van der Waals surface area contributed by atoms with Crippen LogP contribution in [0.5, 0.6) is 5.75 Å². The van der Waals surface area contributed by atoms with Gasteiger partial charge in [0, 0.05) is 31.7 Å². The van der Waals surface area contributed by atoms with Crippen LogP contribution in [-0.4, -0.2) is 50.0 Å². The molecule has 0 atom stereocenters. The predicted molar refractivity (Wildman–Crippen MR) is 97.2 cm³/mol. The molecule has 134 valence electrons. The van der Waals surface area contributed by atoms with E-state index in [1.807, 2.05) is 12.1 Å². The maximum Gasteiger partial charge on any atom is 0.253 e. The molecule has 7 heteroatoms. The van der Waals surface area contributed by atoms with Crippen molar-refractivity contribution in [2.75, 3.05) is 45.3 Å². The van der Waals surface area contributed by atoms with Crippen LogP contribution in [0.1, 0.15) is 17.5 Å². The number of morpholine rings is 1. The third-order valence-electron chi connectivity index (χ3n) is 4.88. The summed E-state index contributed by atoms with van der Waals surface area (Å²) in [5.74, 6) is 0.790. The van der Waals surface area contributed by atoms with Crippen LogP contribution in [0.15, 0.2) is 16.9 Å². The second-order valence-electron chi connectivity index (χ2n) is 6.49. The van der Waals surface area contributed by atoms with E-state index in [1.165, 1.54) is 0 Å². The van der Waals surface area contributed by atoms with E-state index >= 15 is 0 Å². The van der Waals surface area contributed by atoms with E-state index in [2.05, 4.69) is 20.7 Å². The Labute approximate surface area is 146 Å². The number of hydrogen-bond acceptors (Lipinski definition) is 6. The minimum Gasteiger partial charge on any atom is -0.496 e. The first-order chi connectivity index (χ1) is 12.3. The van der Waals surface area contributed by atoms with Gasteiger partial charge in [-0.15, -0.1) is 0 Å². The van der Waals surface area contributed by atoms with Gasteiger partial charge in [0.05, 0.1) is 36.9 Å². The van der Waals surface area contributed by atoms with Gasteiger partial charge in [-0.2, -0.15) is 0 Å². The highest BCUT2D eigenvalue weighted by molar-refractivity contribution is 5.98. The van der Waals surface area contributed by atoms with Gasteiger partial charge in [0.25, 0.3) is 5.56 Å². The van der Waals surface area contributed by atoms with E-state index in [-0.39, 0.29) is 5.56 Å². The lowest BCUT2D eigenvalue weighted by atomic mass is 10.00. The summed E-state index contributed by atoms with van der Waals surface area (Å²) in [7, 11) is 1.67. The van der Waals surface area contributed by atoms with Crippen molar-refractivity contribution < 1.29 is 9.47 Å². The molecule has 2 aliphatic rings. The standard InChI is InChI=1S/C18H24N4O3/c1-24-15-10-12(11-20-22-5-7-25-8-6-22)9-14-16(15)17-13(18(23)21-14)3-2-4-19-17/h9-10,19-20H,2-8,11H2,1H3,(H,21,23). The van der Waals surface area contributed by atoms with Crippen LogP contribution in [-0.2, 0) is 17.7 Å². The van der Waals surface area contributed by atoms with Gasteiger partial charge in [-0.3, -0.25) is 10.2 Å². The molecule has 0 bridgehead atoms.